The Hall–Kier alpha value is -2.77. The number of aliphatic hydroxyl groups is 1. The lowest BCUT2D eigenvalue weighted by Crippen LogP contribution is -2.37. The third-order valence-corrected chi connectivity index (χ3v) is 3.91. The molecule has 0 radical (unpaired) electrons. The fraction of sp³-hybridized carbons (Fsp3) is 0.263. The lowest BCUT2D eigenvalue weighted by Gasteiger charge is -2.19. The molecule has 0 amide bonds. The highest BCUT2D eigenvalue weighted by Crippen LogP contribution is 2.26. The number of aliphatic hydroxyl groups excluding tert-OH is 1. The van der Waals surface area contributed by atoms with Gasteiger partial charge >= 0.3 is 11.9 Å². The molecule has 0 spiro atoms. The zero-order chi connectivity index (χ0) is 18.5. The van der Waals surface area contributed by atoms with E-state index >= 15 is 0 Å². The van der Waals surface area contributed by atoms with Gasteiger partial charge < -0.3 is 19.3 Å². The van der Waals surface area contributed by atoms with Crippen LogP contribution in [0.25, 0.3) is 0 Å². The fourth-order valence-corrected chi connectivity index (χ4v) is 2.56. The molecule has 1 heterocycles. The standard InChI is InChI=1S/C19H17FO6/c20-15-16(26-18(22)13-9-5-2-6-10-13)14(25-19(15)23)11-24-17(21)12-7-3-1-4-8-12/h1-10,14-16,19,23H,11H2/t14?,15?,16-,19?/m1/s1. The molecule has 1 aliphatic heterocycles. The van der Waals surface area contributed by atoms with Gasteiger partial charge in [-0.1, -0.05) is 36.4 Å². The van der Waals surface area contributed by atoms with Crippen LogP contribution < -0.4 is 0 Å². The van der Waals surface area contributed by atoms with Crippen LogP contribution in [0.2, 0.25) is 0 Å². The van der Waals surface area contributed by atoms with E-state index in [4.69, 9.17) is 14.2 Å². The van der Waals surface area contributed by atoms with Crippen LogP contribution in [0.3, 0.4) is 0 Å². The average molecular weight is 360 g/mol. The summed E-state index contributed by atoms with van der Waals surface area (Å²) in [5, 5.41) is 9.58. The van der Waals surface area contributed by atoms with E-state index in [1.807, 2.05) is 0 Å². The Balaban J connectivity index is 1.63. The van der Waals surface area contributed by atoms with Crippen molar-refractivity contribution >= 4 is 11.9 Å². The average Bonchev–Trinajstić information content (AvgIpc) is 2.95. The molecule has 1 N–H and O–H groups in total. The van der Waals surface area contributed by atoms with Crippen molar-refractivity contribution in [3.63, 3.8) is 0 Å². The summed E-state index contributed by atoms with van der Waals surface area (Å²) in [5.74, 6) is -1.38. The number of benzene rings is 2. The van der Waals surface area contributed by atoms with Gasteiger partial charge in [0.25, 0.3) is 0 Å². The Bertz CT molecular complexity index is 751. The summed E-state index contributed by atoms with van der Waals surface area (Å²) >= 11 is 0. The smallest absolute Gasteiger partial charge is 0.338 e. The molecule has 2 aromatic rings. The van der Waals surface area contributed by atoms with Gasteiger partial charge in [-0.25, -0.2) is 14.0 Å². The first-order chi connectivity index (χ1) is 12.6. The maximum atomic E-state index is 14.2. The zero-order valence-corrected chi connectivity index (χ0v) is 13.7. The second-order valence-corrected chi connectivity index (χ2v) is 5.71. The van der Waals surface area contributed by atoms with E-state index < -0.39 is 36.6 Å². The quantitative estimate of drug-likeness (QED) is 0.823. The highest BCUT2D eigenvalue weighted by Gasteiger charge is 2.47. The van der Waals surface area contributed by atoms with Crippen LogP contribution in [0.5, 0.6) is 0 Å². The fourth-order valence-electron chi connectivity index (χ4n) is 2.56. The summed E-state index contributed by atoms with van der Waals surface area (Å²) in [6, 6.07) is 16.3. The van der Waals surface area contributed by atoms with Gasteiger partial charge in [0.1, 0.15) is 12.7 Å². The number of halogens is 1. The summed E-state index contributed by atoms with van der Waals surface area (Å²) in [4.78, 5) is 24.1. The highest BCUT2D eigenvalue weighted by molar-refractivity contribution is 5.90. The number of carbonyl (C=O) groups excluding carboxylic acids is 2. The third kappa shape index (κ3) is 4.07. The monoisotopic (exact) mass is 360 g/mol. The van der Waals surface area contributed by atoms with Crippen LogP contribution in [-0.4, -0.2) is 48.3 Å². The van der Waals surface area contributed by atoms with Crippen molar-refractivity contribution in [1.29, 1.82) is 0 Å². The Labute approximate surface area is 149 Å². The number of hydrogen-bond acceptors (Lipinski definition) is 6. The van der Waals surface area contributed by atoms with Crippen LogP contribution in [-0.2, 0) is 14.2 Å². The first-order valence-electron chi connectivity index (χ1n) is 8.02. The minimum atomic E-state index is -1.94. The van der Waals surface area contributed by atoms with Gasteiger partial charge in [-0.05, 0) is 24.3 Å². The maximum Gasteiger partial charge on any atom is 0.338 e. The van der Waals surface area contributed by atoms with Crippen LogP contribution >= 0.6 is 0 Å². The molecule has 136 valence electrons. The van der Waals surface area contributed by atoms with Crippen LogP contribution in [0.15, 0.2) is 60.7 Å². The van der Waals surface area contributed by atoms with Crippen molar-refractivity contribution in [2.45, 2.75) is 24.7 Å². The topological polar surface area (TPSA) is 82.1 Å². The molecule has 1 saturated heterocycles. The summed E-state index contributed by atoms with van der Waals surface area (Å²) < 4.78 is 29.4. The van der Waals surface area contributed by atoms with Gasteiger partial charge in [-0.2, -0.15) is 0 Å². The van der Waals surface area contributed by atoms with Gasteiger partial charge in [-0.3, -0.25) is 0 Å². The maximum absolute atomic E-state index is 14.2. The third-order valence-electron chi connectivity index (χ3n) is 3.91. The molecule has 4 atom stereocenters. The zero-order valence-electron chi connectivity index (χ0n) is 13.7. The van der Waals surface area contributed by atoms with Crippen molar-refractivity contribution in [1.82, 2.24) is 0 Å². The predicted octanol–water partition coefficient (Wildman–Crippen LogP) is 2.12. The van der Waals surface area contributed by atoms with Crippen molar-refractivity contribution in [2.75, 3.05) is 6.61 Å². The number of rotatable bonds is 5. The highest BCUT2D eigenvalue weighted by atomic mass is 19.1. The molecule has 2 aromatic carbocycles. The summed E-state index contributed by atoms with van der Waals surface area (Å²) in [6.07, 6.45) is -6.20. The number of ether oxygens (including phenoxy) is 3. The Morgan fingerprint density at radius 1 is 0.962 bits per heavy atom. The molecule has 3 unspecified atom stereocenters. The molecule has 6 nitrogen and oxygen atoms in total. The van der Waals surface area contributed by atoms with Crippen molar-refractivity contribution in [3.05, 3.63) is 71.8 Å². The van der Waals surface area contributed by atoms with E-state index in [1.54, 1.807) is 48.5 Å². The molecule has 1 fully saturated rings. The molecular weight excluding hydrogens is 343 g/mol. The van der Waals surface area contributed by atoms with E-state index in [9.17, 15) is 19.1 Å². The molecule has 0 aliphatic carbocycles. The normalized spacial score (nSPS) is 24.8. The molecule has 0 aromatic heterocycles. The Morgan fingerprint density at radius 3 is 2.08 bits per heavy atom. The molecular formula is C19H17FO6. The number of esters is 2. The Morgan fingerprint density at radius 2 is 1.50 bits per heavy atom. The minimum absolute atomic E-state index is 0.237. The lowest BCUT2D eigenvalue weighted by molar-refractivity contribution is -0.122. The largest absolute Gasteiger partial charge is 0.459 e. The summed E-state index contributed by atoms with van der Waals surface area (Å²) in [6.45, 7) is -0.363. The van der Waals surface area contributed by atoms with Crippen LogP contribution in [0.1, 0.15) is 20.7 Å². The van der Waals surface area contributed by atoms with Crippen molar-refractivity contribution in [3.8, 4) is 0 Å². The lowest BCUT2D eigenvalue weighted by atomic mass is 10.1. The molecule has 1 aliphatic rings. The summed E-state index contributed by atoms with van der Waals surface area (Å²) in [7, 11) is 0. The number of hydrogen-bond donors (Lipinski definition) is 1. The molecule has 0 bridgehead atoms. The number of alkyl halides is 1. The Kier molecular flexibility index (Phi) is 5.60. The van der Waals surface area contributed by atoms with Gasteiger partial charge in [0.05, 0.1) is 11.1 Å². The van der Waals surface area contributed by atoms with Gasteiger partial charge in [-0.15, -0.1) is 0 Å². The number of carbonyl (C=O) groups is 2. The minimum Gasteiger partial charge on any atom is -0.459 e. The van der Waals surface area contributed by atoms with E-state index in [2.05, 4.69) is 0 Å². The van der Waals surface area contributed by atoms with Crippen LogP contribution in [0.4, 0.5) is 4.39 Å². The molecule has 3 rings (SSSR count). The van der Waals surface area contributed by atoms with Gasteiger partial charge in [0.15, 0.2) is 18.6 Å². The van der Waals surface area contributed by atoms with Crippen molar-refractivity contribution in [2.24, 2.45) is 0 Å². The van der Waals surface area contributed by atoms with Crippen molar-refractivity contribution < 1.29 is 33.3 Å². The molecule has 26 heavy (non-hydrogen) atoms. The second-order valence-electron chi connectivity index (χ2n) is 5.71. The van der Waals surface area contributed by atoms with E-state index in [0.717, 1.165) is 0 Å². The molecule has 7 heteroatoms. The molecule has 0 saturated carbocycles. The van der Waals surface area contributed by atoms with Gasteiger partial charge in [0, 0.05) is 0 Å². The summed E-state index contributed by atoms with van der Waals surface area (Å²) in [5.41, 5.74) is 0.557. The van der Waals surface area contributed by atoms with Gasteiger partial charge in [0.2, 0.25) is 0 Å². The van der Waals surface area contributed by atoms with E-state index in [-0.39, 0.29) is 12.2 Å². The van der Waals surface area contributed by atoms with E-state index in [1.165, 1.54) is 12.1 Å². The first-order valence-corrected chi connectivity index (χ1v) is 8.02. The SMILES string of the molecule is O=C(OCC1OC(O)C(F)[C@@H]1OC(=O)c1ccccc1)c1ccccc1. The van der Waals surface area contributed by atoms with E-state index in [0.29, 0.717) is 5.56 Å². The van der Waals surface area contributed by atoms with Crippen LogP contribution in [0, 0.1) is 0 Å². The second kappa shape index (κ2) is 8.07. The predicted molar refractivity (Wildman–Crippen MR) is 88.1 cm³/mol. The first kappa shape index (κ1) is 18.0.